The first-order valence-corrected chi connectivity index (χ1v) is 6.33. The first kappa shape index (κ1) is 12.4. The summed E-state index contributed by atoms with van der Waals surface area (Å²) in [5.74, 6) is -0.362. The van der Waals surface area contributed by atoms with Crippen LogP contribution in [0.25, 0.3) is 0 Å². The van der Waals surface area contributed by atoms with Gasteiger partial charge in [0.05, 0.1) is 5.92 Å². The van der Waals surface area contributed by atoms with Crippen LogP contribution in [0.5, 0.6) is 0 Å². The van der Waals surface area contributed by atoms with Crippen LogP contribution in [-0.4, -0.2) is 21.6 Å². The van der Waals surface area contributed by atoms with Crippen molar-refractivity contribution < 1.29 is 9.59 Å². The molecule has 1 unspecified atom stereocenters. The molecule has 0 aliphatic carbocycles. The summed E-state index contributed by atoms with van der Waals surface area (Å²) in [4.78, 5) is 24.0. The molecule has 2 amide bonds. The van der Waals surface area contributed by atoms with E-state index in [0.717, 1.165) is 5.56 Å². The minimum atomic E-state index is -0.484. The van der Waals surface area contributed by atoms with Crippen molar-refractivity contribution in [3.63, 3.8) is 0 Å². The van der Waals surface area contributed by atoms with Crippen molar-refractivity contribution in [3.8, 4) is 0 Å². The molecule has 0 radical (unpaired) electrons. The average Bonchev–Trinajstić information content (AvgIpc) is 2.83. The van der Waals surface area contributed by atoms with E-state index in [9.17, 15) is 9.59 Å². The van der Waals surface area contributed by atoms with Gasteiger partial charge in [0.2, 0.25) is 11.8 Å². The quantitative estimate of drug-likeness (QED) is 0.868. The lowest BCUT2D eigenvalue weighted by molar-refractivity contribution is -0.123. The third kappa shape index (κ3) is 2.27. The van der Waals surface area contributed by atoms with Gasteiger partial charge in [0.15, 0.2) is 5.82 Å². The van der Waals surface area contributed by atoms with Gasteiger partial charge in [-0.15, -0.1) is 0 Å². The van der Waals surface area contributed by atoms with E-state index in [-0.39, 0.29) is 18.2 Å². The summed E-state index contributed by atoms with van der Waals surface area (Å²) < 4.78 is 1.61. The van der Waals surface area contributed by atoms with Gasteiger partial charge in [0, 0.05) is 31.4 Å². The van der Waals surface area contributed by atoms with E-state index < -0.39 is 5.92 Å². The van der Waals surface area contributed by atoms with Crippen molar-refractivity contribution in [2.45, 2.75) is 12.3 Å². The summed E-state index contributed by atoms with van der Waals surface area (Å²) in [5, 5.41) is 9.62. The third-order valence-corrected chi connectivity index (χ3v) is 3.28. The van der Waals surface area contributed by atoms with Crippen molar-refractivity contribution >= 4 is 23.3 Å². The lowest BCUT2D eigenvalue weighted by Gasteiger charge is -2.24. The first-order valence-electron chi connectivity index (χ1n) is 6.33. The van der Waals surface area contributed by atoms with Crippen molar-refractivity contribution in [1.82, 2.24) is 9.78 Å². The molecule has 0 bridgehead atoms. The Morgan fingerprint density at radius 2 is 2.20 bits per heavy atom. The molecule has 6 nitrogen and oxygen atoms in total. The minimum absolute atomic E-state index is 0.148. The zero-order chi connectivity index (χ0) is 14.1. The average molecular weight is 270 g/mol. The van der Waals surface area contributed by atoms with E-state index in [1.54, 1.807) is 30.1 Å². The van der Waals surface area contributed by atoms with Crippen LogP contribution in [0.1, 0.15) is 17.9 Å². The van der Waals surface area contributed by atoms with Crippen LogP contribution in [0.4, 0.5) is 11.5 Å². The van der Waals surface area contributed by atoms with Crippen molar-refractivity contribution in [2.75, 3.05) is 10.6 Å². The van der Waals surface area contributed by atoms with Crippen LogP contribution in [0.15, 0.2) is 36.5 Å². The second-order valence-electron chi connectivity index (χ2n) is 4.76. The molecule has 0 saturated heterocycles. The van der Waals surface area contributed by atoms with Crippen LogP contribution >= 0.6 is 0 Å². The number of hydrogen-bond acceptors (Lipinski definition) is 3. The van der Waals surface area contributed by atoms with Gasteiger partial charge >= 0.3 is 0 Å². The van der Waals surface area contributed by atoms with Gasteiger partial charge in [0.1, 0.15) is 0 Å². The first-order chi connectivity index (χ1) is 9.63. The summed E-state index contributed by atoms with van der Waals surface area (Å²) in [6.07, 6.45) is 1.90. The summed E-state index contributed by atoms with van der Waals surface area (Å²) in [5.41, 5.74) is 1.53. The number of aromatic nitrogens is 2. The summed E-state index contributed by atoms with van der Waals surface area (Å²) in [6, 6.07) is 9.06. The fourth-order valence-corrected chi connectivity index (χ4v) is 2.34. The number of aryl methyl sites for hydroxylation is 1. The second-order valence-corrected chi connectivity index (χ2v) is 4.76. The molecule has 2 N–H and O–H groups in total. The SMILES string of the molecule is Cn1ccc(NC(=O)C2CC(=O)Nc3ccccc32)n1. The maximum absolute atomic E-state index is 12.3. The predicted molar refractivity (Wildman–Crippen MR) is 74.3 cm³/mol. The number of benzene rings is 1. The number of carbonyl (C=O) groups excluding carboxylic acids is 2. The molecule has 0 saturated carbocycles. The van der Waals surface area contributed by atoms with Gasteiger partial charge in [-0.2, -0.15) is 5.10 Å². The monoisotopic (exact) mass is 270 g/mol. The summed E-state index contributed by atoms with van der Waals surface area (Å²) in [6.45, 7) is 0. The standard InChI is InChI=1S/C14H14N4O2/c1-18-7-6-12(17-18)16-14(20)10-8-13(19)15-11-5-3-2-4-9(10)11/h2-7,10H,8H2,1H3,(H,15,19)(H,16,17,20). The van der Waals surface area contributed by atoms with Gasteiger partial charge in [-0.25, -0.2) is 0 Å². The molecule has 1 aliphatic heterocycles. The third-order valence-electron chi connectivity index (χ3n) is 3.28. The van der Waals surface area contributed by atoms with E-state index in [1.807, 2.05) is 18.2 Å². The Labute approximate surface area is 115 Å². The molecule has 1 atom stereocenters. The van der Waals surface area contributed by atoms with Crippen LogP contribution in [-0.2, 0) is 16.6 Å². The molecule has 2 aromatic rings. The molecule has 2 heterocycles. The fraction of sp³-hybridized carbons (Fsp3) is 0.214. The summed E-state index contributed by atoms with van der Waals surface area (Å²) >= 11 is 0. The Balaban J connectivity index is 1.86. The van der Waals surface area contributed by atoms with E-state index in [0.29, 0.717) is 11.5 Å². The van der Waals surface area contributed by atoms with Crippen molar-refractivity contribution in [1.29, 1.82) is 0 Å². The van der Waals surface area contributed by atoms with E-state index in [1.165, 1.54) is 0 Å². The maximum Gasteiger partial charge on any atom is 0.233 e. The number of nitrogens with one attached hydrogen (secondary N) is 2. The van der Waals surface area contributed by atoms with Crippen molar-refractivity contribution in [2.24, 2.45) is 7.05 Å². The van der Waals surface area contributed by atoms with Gasteiger partial charge in [-0.1, -0.05) is 18.2 Å². The fourth-order valence-electron chi connectivity index (χ4n) is 2.34. The molecule has 1 aromatic heterocycles. The number of anilines is 2. The van der Waals surface area contributed by atoms with Crippen LogP contribution in [0, 0.1) is 0 Å². The smallest absolute Gasteiger partial charge is 0.233 e. The molecule has 3 rings (SSSR count). The zero-order valence-corrected chi connectivity index (χ0v) is 11.0. The largest absolute Gasteiger partial charge is 0.326 e. The molecule has 1 aromatic carbocycles. The van der Waals surface area contributed by atoms with Crippen molar-refractivity contribution in [3.05, 3.63) is 42.1 Å². The highest BCUT2D eigenvalue weighted by Gasteiger charge is 2.30. The Hall–Kier alpha value is -2.63. The Kier molecular flexibility index (Phi) is 2.98. The Bertz CT molecular complexity index is 677. The molecule has 0 spiro atoms. The number of rotatable bonds is 2. The summed E-state index contributed by atoms with van der Waals surface area (Å²) in [7, 11) is 1.78. The Morgan fingerprint density at radius 1 is 1.40 bits per heavy atom. The predicted octanol–water partition coefficient (Wildman–Crippen LogP) is 1.48. The molecule has 1 aliphatic rings. The number of nitrogens with zero attached hydrogens (tertiary/aromatic N) is 2. The van der Waals surface area contributed by atoms with Crippen LogP contribution < -0.4 is 10.6 Å². The molecule has 6 heteroatoms. The normalized spacial score (nSPS) is 17.2. The highest BCUT2D eigenvalue weighted by atomic mass is 16.2. The number of hydrogen-bond donors (Lipinski definition) is 2. The minimum Gasteiger partial charge on any atom is -0.326 e. The second kappa shape index (κ2) is 4.80. The highest BCUT2D eigenvalue weighted by Crippen LogP contribution is 2.32. The van der Waals surface area contributed by atoms with Gasteiger partial charge in [-0.05, 0) is 11.6 Å². The molecule has 0 fully saturated rings. The molecular formula is C14H14N4O2. The molecular weight excluding hydrogens is 256 g/mol. The maximum atomic E-state index is 12.3. The van der Waals surface area contributed by atoms with Gasteiger partial charge in [0.25, 0.3) is 0 Å². The Morgan fingerprint density at radius 3 is 2.95 bits per heavy atom. The van der Waals surface area contributed by atoms with Crippen LogP contribution in [0.3, 0.4) is 0 Å². The topological polar surface area (TPSA) is 76.0 Å². The van der Waals surface area contributed by atoms with E-state index in [4.69, 9.17) is 0 Å². The van der Waals surface area contributed by atoms with E-state index in [2.05, 4.69) is 15.7 Å². The lowest BCUT2D eigenvalue weighted by Crippen LogP contribution is -2.30. The van der Waals surface area contributed by atoms with Gasteiger partial charge < -0.3 is 10.6 Å². The van der Waals surface area contributed by atoms with E-state index >= 15 is 0 Å². The molecule has 20 heavy (non-hydrogen) atoms. The van der Waals surface area contributed by atoms with Crippen LogP contribution in [0.2, 0.25) is 0 Å². The number of para-hydroxylation sites is 1. The number of amides is 2. The number of fused-ring (bicyclic) bond motifs is 1. The van der Waals surface area contributed by atoms with Gasteiger partial charge in [-0.3, -0.25) is 14.3 Å². The number of carbonyl (C=O) groups is 2. The zero-order valence-electron chi connectivity index (χ0n) is 11.0. The lowest BCUT2D eigenvalue weighted by atomic mass is 9.90. The highest BCUT2D eigenvalue weighted by molar-refractivity contribution is 6.04. The molecule has 102 valence electrons.